The highest BCUT2D eigenvalue weighted by atomic mass is 16.3. The molecule has 0 saturated heterocycles. The first-order valence-electron chi connectivity index (χ1n) is 9.17. The maximum atomic E-state index is 12.6. The fourth-order valence-corrected chi connectivity index (χ4v) is 4.41. The number of fused-ring (bicyclic) bond motifs is 3. The van der Waals surface area contributed by atoms with Crippen molar-refractivity contribution in [3.63, 3.8) is 0 Å². The predicted molar refractivity (Wildman–Crippen MR) is 97.6 cm³/mol. The number of amides is 1. The van der Waals surface area contributed by atoms with Crippen LogP contribution in [0.15, 0.2) is 47.1 Å². The standard InChI is InChI=1S/C22H21NO2/c24-22(23-20-9-8-14-4-1-2-7-18(14)20)12-17-13-25-21-11-16-6-3-5-15(16)10-19(17)21/h1-2,4,7,10-11,13,20H,3,5-6,8-9,12H2,(H,23,24)/t20-/m1/s1. The molecule has 0 spiro atoms. The van der Waals surface area contributed by atoms with Crippen LogP contribution in [0.5, 0.6) is 0 Å². The molecule has 25 heavy (non-hydrogen) atoms. The summed E-state index contributed by atoms with van der Waals surface area (Å²) in [5.74, 6) is 0.0740. The van der Waals surface area contributed by atoms with Crippen LogP contribution >= 0.6 is 0 Å². The van der Waals surface area contributed by atoms with E-state index in [2.05, 4.69) is 35.6 Å². The van der Waals surface area contributed by atoms with Crippen LogP contribution in [-0.4, -0.2) is 5.91 Å². The summed E-state index contributed by atoms with van der Waals surface area (Å²) in [6.07, 6.45) is 7.67. The second kappa shape index (κ2) is 5.76. The molecule has 0 unspecified atom stereocenters. The Morgan fingerprint density at radius 1 is 1.08 bits per heavy atom. The van der Waals surface area contributed by atoms with Crippen molar-refractivity contribution in [1.82, 2.24) is 5.32 Å². The fourth-order valence-electron chi connectivity index (χ4n) is 4.41. The summed E-state index contributed by atoms with van der Waals surface area (Å²) >= 11 is 0. The van der Waals surface area contributed by atoms with E-state index in [0.29, 0.717) is 6.42 Å². The highest BCUT2D eigenvalue weighted by Crippen LogP contribution is 2.32. The molecule has 2 aliphatic rings. The van der Waals surface area contributed by atoms with Gasteiger partial charge in [0.15, 0.2) is 0 Å². The molecule has 0 radical (unpaired) electrons. The molecule has 3 heteroatoms. The van der Waals surface area contributed by atoms with Crippen molar-refractivity contribution in [2.45, 2.75) is 44.6 Å². The van der Waals surface area contributed by atoms with Crippen molar-refractivity contribution >= 4 is 16.9 Å². The van der Waals surface area contributed by atoms with E-state index in [1.807, 2.05) is 6.07 Å². The van der Waals surface area contributed by atoms with Crippen LogP contribution in [0.1, 0.15) is 46.7 Å². The Kier molecular flexibility index (Phi) is 3.40. The highest BCUT2D eigenvalue weighted by molar-refractivity contribution is 5.88. The Balaban J connectivity index is 1.36. The van der Waals surface area contributed by atoms with Gasteiger partial charge < -0.3 is 9.73 Å². The Hall–Kier alpha value is -2.55. The minimum absolute atomic E-state index is 0.0740. The van der Waals surface area contributed by atoms with Gasteiger partial charge in [-0.15, -0.1) is 0 Å². The van der Waals surface area contributed by atoms with Crippen molar-refractivity contribution < 1.29 is 9.21 Å². The fraction of sp³-hybridized carbons (Fsp3) is 0.318. The summed E-state index contributed by atoms with van der Waals surface area (Å²) < 4.78 is 5.72. The Morgan fingerprint density at radius 2 is 1.92 bits per heavy atom. The quantitative estimate of drug-likeness (QED) is 0.779. The molecule has 1 amide bonds. The average molecular weight is 331 g/mol. The van der Waals surface area contributed by atoms with Gasteiger partial charge in [-0.05, 0) is 66.5 Å². The topological polar surface area (TPSA) is 42.2 Å². The van der Waals surface area contributed by atoms with Crippen LogP contribution < -0.4 is 5.32 Å². The number of carbonyl (C=O) groups excluding carboxylic acids is 1. The second-order valence-electron chi connectivity index (χ2n) is 7.27. The first-order valence-corrected chi connectivity index (χ1v) is 9.17. The van der Waals surface area contributed by atoms with E-state index < -0.39 is 0 Å². The van der Waals surface area contributed by atoms with Gasteiger partial charge in [-0.3, -0.25) is 4.79 Å². The minimum Gasteiger partial charge on any atom is -0.464 e. The van der Waals surface area contributed by atoms with Crippen LogP contribution in [0, 0.1) is 0 Å². The molecule has 3 aromatic rings. The van der Waals surface area contributed by atoms with Gasteiger partial charge in [-0.2, -0.15) is 0 Å². The summed E-state index contributed by atoms with van der Waals surface area (Å²) in [5.41, 5.74) is 7.35. The van der Waals surface area contributed by atoms with Gasteiger partial charge in [0.05, 0.1) is 18.7 Å². The van der Waals surface area contributed by atoms with Gasteiger partial charge >= 0.3 is 0 Å². The third-order valence-corrected chi connectivity index (χ3v) is 5.69. The van der Waals surface area contributed by atoms with Gasteiger partial charge in [0.2, 0.25) is 5.91 Å². The summed E-state index contributed by atoms with van der Waals surface area (Å²) in [6.45, 7) is 0. The molecule has 5 rings (SSSR count). The molecule has 0 fully saturated rings. The van der Waals surface area contributed by atoms with E-state index in [9.17, 15) is 4.79 Å². The van der Waals surface area contributed by atoms with Crippen molar-refractivity contribution in [1.29, 1.82) is 0 Å². The zero-order chi connectivity index (χ0) is 16.8. The Bertz CT molecular complexity index is 969. The van der Waals surface area contributed by atoms with Crippen LogP contribution in [0.25, 0.3) is 11.0 Å². The van der Waals surface area contributed by atoms with Gasteiger partial charge in [-0.25, -0.2) is 0 Å². The van der Waals surface area contributed by atoms with Crippen molar-refractivity contribution in [3.8, 4) is 0 Å². The molecular formula is C22H21NO2. The Labute approximate surface area is 147 Å². The number of rotatable bonds is 3. The third-order valence-electron chi connectivity index (χ3n) is 5.69. The second-order valence-corrected chi connectivity index (χ2v) is 7.27. The van der Waals surface area contributed by atoms with E-state index in [0.717, 1.165) is 42.2 Å². The van der Waals surface area contributed by atoms with E-state index in [4.69, 9.17) is 4.42 Å². The molecule has 2 aliphatic carbocycles. The molecule has 1 atom stereocenters. The van der Waals surface area contributed by atoms with Crippen molar-refractivity contribution in [3.05, 3.63) is 70.5 Å². The molecule has 0 aliphatic heterocycles. The largest absolute Gasteiger partial charge is 0.464 e. The first kappa shape index (κ1) is 14.8. The zero-order valence-corrected chi connectivity index (χ0v) is 14.2. The number of aryl methyl sites for hydroxylation is 3. The lowest BCUT2D eigenvalue weighted by atomic mass is 10.0. The molecule has 1 N–H and O–H groups in total. The lowest BCUT2D eigenvalue weighted by Gasteiger charge is -2.13. The van der Waals surface area contributed by atoms with E-state index in [1.54, 1.807) is 6.26 Å². The Morgan fingerprint density at radius 3 is 2.84 bits per heavy atom. The van der Waals surface area contributed by atoms with Gasteiger partial charge in [0, 0.05) is 10.9 Å². The van der Waals surface area contributed by atoms with E-state index in [-0.39, 0.29) is 11.9 Å². The highest BCUT2D eigenvalue weighted by Gasteiger charge is 2.24. The lowest BCUT2D eigenvalue weighted by Crippen LogP contribution is -2.28. The van der Waals surface area contributed by atoms with Crippen molar-refractivity contribution in [2.75, 3.05) is 0 Å². The number of hydrogen-bond acceptors (Lipinski definition) is 2. The third kappa shape index (κ3) is 2.55. The summed E-state index contributed by atoms with van der Waals surface area (Å²) in [6, 6.07) is 12.9. The molecule has 0 bridgehead atoms. The SMILES string of the molecule is O=C(Cc1coc2cc3c(cc12)CCC3)N[C@@H]1CCc2ccccc21. The van der Waals surface area contributed by atoms with Gasteiger partial charge in [-0.1, -0.05) is 24.3 Å². The molecule has 0 saturated carbocycles. The average Bonchev–Trinajstić information content (AvgIpc) is 3.33. The van der Waals surface area contributed by atoms with Crippen molar-refractivity contribution in [2.24, 2.45) is 0 Å². The summed E-state index contributed by atoms with van der Waals surface area (Å²) in [7, 11) is 0. The molecule has 126 valence electrons. The maximum absolute atomic E-state index is 12.6. The van der Waals surface area contributed by atoms with Gasteiger partial charge in [0.25, 0.3) is 0 Å². The minimum atomic E-state index is 0.0740. The van der Waals surface area contributed by atoms with E-state index >= 15 is 0 Å². The van der Waals surface area contributed by atoms with Gasteiger partial charge in [0.1, 0.15) is 5.58 Å². The monoisotopic (exact) mass is 331 g/mol. The van der Waals surface area contributed by atoms with E-state index in [1.165, 1.54) is 28.7 Å². The molecular weight excluding hydrogens is 310 g/mol. The number of furan rings is 1. The number of carbonyl (C=O) groups is 1. The lowest BCUT2D eigenvalue weighted by molar-refractivity contribution is -0.121. The van der Waals surface area contributed by atoms with Crippen LogP contribution in [-0.2, 0) is 30.5 Å². The molecule has 1 aromatic heterocycles. The molecule has 3 nitrogen and oxygen atoms in total. The van der Waals surface area contributed by atoms with Crippen LogP contribution in [0.4, 0.5) is 0 Å². The number of benzene rings is 2. The zero-order valence-electron chi connectivity index (χ0n) is 14.2. The predicted octanol–water partition coefficient (Wildman–Crippen LogP) is 4.27. The smallest absolute Gasteiger partial charge is 0.225 e. The first-order chi connectivity index (χ1) is 12.3. The van der Waals surface area contributed by atoms with Crippen LogP contribution in [0.2, 0.25) is 0 Å². The van der Waals surface area contributed by atoms with Crippen LogP contribution in [0.3, 0.4) is 0 Å². The summed E-state index contributed by atoms with van der Waals surface area (Å²) in [4.78, 5) is 12.6. The number of nitrogens with one attached hydrogen (secondary N) is 1. The molecule has 1 heterocycles. The number of hydrogen-bond donors (Lipinski definition) is 1. The molecule has 2 aromatic carbocycles. The maximum Gasteiger partial charge on any atom is 0.225 e. The normalized spacial score (nSPS) is 18.3. The summed E-state index contributed by atoms with van der Waals surface area (Å²) in [5, 5.41) is 4.31.